The van der Waals surface area contributed by atoms with Gasteiger partial charge in [-0.15, -0.1) is 11.6 Å². The van der Waals surface area contributed by atoms with E-state index in [9.17, 15) is 4.39 Å². The SMILES string of the molecule is Cc1cc(C(Cl)c2cc(Br)ccc2F)c(C)cc1Cl. The van der Waals surface area contributed by atoms with E-state index in [1.807, 2.05) is 26.0 Å². The van der Waals surface area contributed by atoms with Crippen LogP contribution < -0.4 is 0 Å². The molecule has 0 aliphatic heterocycles. The molecule has 2 rings (SSSR count). The van der Waals surface area contributed by atoms with Gasteiger partial charge in [0.05, 0.1) is 5.38 Å². The smallest absolute Gasteiger partial charge is 0.128 e. The Kier molecular flexibility index (Phi) is 4.54. The maximum Gasteiger partial charge on any atom is 0.128 e. The fraction of sp³-hybridized carbons (Fsp3) is 0.200. The Balaban J connectivity index is 2.52. The molecule has 0 spiro atoms. The van der Waals surface area contributed by atoms with Crippen LogP contribution in [0.2, 0.25) is 5.02 Å². The molecule has 0 radical (unpaired) electrons. The molecule has 0 saturated carbocycles. The third-order valence-corrected chi connectivity index (χ3v) is 4.42. The summed E-state index contributed by atoms with van der Waals surface area (Å²) in [6.07, 6.45) is 0. The summed E-state index contributed by atoms with van der Waals surface area (Å²) >= 11 is 15.8. The molecule has 100 valence electrons. The summed E-state index contributed by atoms with van der Waals surface area (Å²) in [4.78, 5) is 0. The highest BCUT2D eigenvalue weighted by Gasteiger charge is 2.18. The van der Waals surface area contributed by atoms with Gasteiger partial charge in [-0.3, -0.25) is 0 Å². The summed E-state index contributed by atoms with van der Waals surface area (Å²) in [6, 6.07) is 8.54. The normalized spacial score (nSPS) is 12.5. The van der Waals surface area contributed by atoms with Crippen molar-refractivity contribution in [3.63, 3.8) is 0 Å². The zero-order valence-electron chi connectivity index (χ0n) is 10.5. The molecular weight excluding hydrogens is 350 g/mol. The van der Waals surface area contributed by atoms with Crippen molar-refractivity contribution in [1.82, 2.24) is 0 Å². The van der Waals surface area contributed by atoms with Crippen molar-refractivity contribution < 1.29 is 4.39 Å². The lowest BCUT2D eigenvalue weighted by Crippen LogP contribution is -2.00. The van der Waals surface area contributed by atoms with Crippen LogP contribution in [-0.2, 0) is 0 Å². The Labute approximate surface area is 130 Å². The molecule has 1 unspecified atom stereocenters. The van der Waals surface area contributed by atoms with Crippen LogP contribution in [0.25, 0.3) is 0 Å². The minimum Gasteiger partial charge on any atom is -0.207 e. The first-order valence-electron chi connectivity index (χ1n) is 5.76. The first kappa shape index (κ1) is 14.8. The van der Waals surface area contributed by atoms with E-state index in [4.69, 9.17) is 23.2 Å². The standard InChI is InChI=1S/C15H12BrCl2F/c1-8-6-13(17)9(2)5-11(8)15(18)12-7-10(16)3-4-14(12)19/h3-7,15H,1-2H3. The highest BCUT2D eigenvalue weighted by molar-refractivity contribution is 9.10. The van der Waals surface area contributed by atoms with Gasteiger partial charge in [0.15, 0.2) is 0 Å². The van der Waals surface area contributed by atoms with Crippen molar-refractivity contribution in [2.24, 2.45) is 0 Å². The van der Waals surface area contributed by atoms with Gasteiger partial charge in [0.25, 0.3) is 0 Å². The number of rotatable bonds is 2. The van der Waals surface area contributed by atoms with Crippen molar-refractivity contribution in [1.29, 1.82) is 0 Å². The van der Waals surface area contributed by atoms with E-state index in [2.05, 4.69) is 15.9 Å². The van der Waals surface area contributed by atoms with Gasteiger partial charge < -0.3 is 0 Å². The fourth-order valence-corrected chi connectivity index (χ4v) is 2.95. The van der Waals surface area contributed by atoms with Crippen LogP contribution in [-0.4, -0.2) is 0 Å². The monoisotopic (exact) mass is 360 g/mol. The lowest BCUT2D eigenvalue weighted by molar-refractivity contribution is 0.612. The average Bonchev–Trinajstić information content (AvgIpc) is 2.36. The van der Waals surface area contributed by atoms with Crippen LogP contribution in [0.1, 0.15) is 27.6 Å². The molecule has 0 bridgehead atoms. The molecule has 19 heavy (non-hydrogen) atoms. The number of aryl methyl sites for hydroxylation is 2. The van der Waals surface area contributed by atoms with Crippen LogP contribution >= 0.6 is 39.1 Å². The quantitative estimate of drug-likeness (QED) is 0.559. The van der Waals surface area contributed by atoms with Gasteiger partial charge in [0.1, 0.15) is 5.82 Å². The molecule has 0 fully saturated rings. The minimum atomic E-state index is -0.534. The van der Waals surface area contributed by atoms with Crippen molar-refractivity contribution in [2.75, 3.05) is 0 Å². The second-order valence-corrected chi connectivity index (χ2v) is 6.25. The summed E-state index contributed by atoms with van der Waals surface area (Å²) in [6.45, 7) is 3.83. The average molecular weight is 362 g/mol. The van der Waals surface area contributed by atoms with Gasteiger partial charge in [0.2, 0.25) is 0 Å². The van der Waals surface area contributed by atoms with Crippen molar-refractivity contribution in [2.45, 2.75) is 19.2 Å². The molecule has 1 atom stereocenters. The van der Waals surface area contributed by atoms with Gasteiger partial charge >= 0.3 is 0 Å². The van der Waals surface area contributed by atoms with E-state index >= 15 is 0 Å². The molecule has 0 nitrogen and oxygen atoms in total. The number of alkyl halides is 1. The molecule has 4 heteroatoms. The minimum absolute atomic E-state index is 0.310. The van der Waals surface area contributed by atoms with E-state index in [0.29, 0.717) is 10.6 Å². The van der Waals surface area contributed by atoms with Gasteiger partial charge in [0, 0.05) is 15.1 Å². The van der Waals surface area contributed by atoms with E-state index in [1.165, 1.54) is 6.07 Å². The van der Waals surface area contributed by atoms with E-state index in [1.54, 1.807) is 12.1 Å². The Morgan fingerprint density at radius 3 is 2.42 bits per heavy atom. The molecule has 2 aromatic carbocycles. The zero-order valence-corrected chi connectivity index (χ0v) is 13.6. The van der Waals surface area contributed by atoms with Gasteiger partial charge in [-0.2, -0.15) is 0 Å². The van der Waals surface area contributed by atoms with Crippen molar-refractivity contribution >= 4 is 39.1 Å². The highest BCUT2D eigenvalue weighted by Crippen LogP contribution is 2.35. The van der Waals surface area contributed by atoms with Crippen LogP contribution in [0.15, 0.2) is 34.8 Å². The maximum atomic E-state index is 13.9. The molecule has 0 N–H and O–H groups in total. The summed E-state index contributed by atoms with van der Waals surface area (Å²) < 4.78 is 14.7. The van der Waals surface area contributed by atoms with Crippen LogP contribution in [0, 0.1) is 19.7 Å². The summed E-state index contributed by atoms with van der Waals surface area (Å²) in [7, 11) is 0. The summed E-state index contributed by atoms with van der Waals surface area (Å²) in [5, 5.41) is 0.160. The molecule has 0 amide bonds. The Morgan fingerprint density at radius 2 is 1.74 bits per heavy atom. The van der Waals surface area contributed by atoms with E-state index in [0.717, 1.165) is 21.2 Å². The maximum absolute atomic E-state index is 13.9. The Morgan fingerprint density at radius 1 is 1.05 bits per heavy atom. The van der Waals surface area contributed by atoms with Gasteiger partial charge in [-0.05, 0) is 54.8 Å². The van der Waals surface area contributed by atoms with Crippen molar-refractivity contribution in [3.8, 4) is 0 Å². The highest BCUT2D eigenvalue weighted by atomic mass is 79.9. The molecular formula is C15H12BrCl2F. The first-order valence-corrected chi connectivity index (χ1v) is 7.36. The predicted molar refractivity (Wildman–Crippen MR) is 82.7 cm³/mol. The van der Waals surface area contributed by atoms with E-state index in [-0.39, 0.29) is 5.82 Å². The van der Waals surface area contributed by atoms with E-state index < -0.39 is 5.38 Å². The third kappa shape index (κ3) is 3.13. The second-order valence-electron chi connectivity index (χ2n) is 4.49. The second kappa shape index (κ2) is 5.82. The number of hydrogen-bond donors (Lipinski definition) is 0. The molecule has 0 aromatic heterocycles. The summed E-state index contributed by atoms with van der Waals surface area (Å²) in [5.74, 6) is -0.310. The summed E-state index contributed by atoms with van der Waals surface area (Å²) in [5.41, 5.74) is 3.22. The fourth-order valence-electron chi connectivity index (χ4n) is 1.95. The van der Waals surface area contributed by atoms with Crippen molar-refractivity contribution in [3.05, 3.63) is 67.9 Å². The topological polar surface area (TPSA) is 0 Å². The third-order valence-electron chi connectivity index (χ3n) is 3.05. The molecule has 0 aliphatic carbocycles. The van der Waals surface area contributed by atoms with Gasteiger partial charge in [-0.1, -0.05) is 33.6 Å². The largest absolute Gasteiger partial charge is 0.207 e. The lowest BCUT2D eigenvalue weighted by Gasteiger charge is -2.16. The predicted octanol–water partition coefficient (Wildman–Crippen LogP) is 6.19. The molecule has 0 saturated heterocycles. The molecule has 0 heterocycles. The molecule has 0 aliphatic rings. The van der Waals surface area contributed by atoms with Gasteiger partial charge in [-0.25, -0.2) is 4.39 Å². The number of benzene rings is 2. The number of hydrogen-bond acceptors (Lipinski definition) is 0. The first-order chi connectivity index (χ1) is 8.90. The van der Waals surface area contributed by atoms with Crippen LogP contribution in [0.4, 0.5) is 4.39 Å². The lowest BCUT2D eigenvalue weighted by atomic mass is 9.98. The molecule has 2 aromatic rings. The number of halogens is 4. The van der Waals surface area contributed by atoms with Crippen LogP contribution in [0.3, 0.4) is 0 Å². The van der Waals surface area contributed by atoms with Crippen LogP contribution in [0.5, 0.6) is 0 Å². The Bertz CT molecular complexity index is 626. The Hall–Kier alpha value is -0.570. The zero-order chi connectivity index (χ0) is 14.2.